The molecule has 0 saturated heterocycles. The van der Waals surface area contributed by atoms with Gasteiger partial charge in [0.05, 0.1) is 0 Å². The van der Waals surface area contributed by atoms with Gasteiger partial charge >= 0.3 is 35.5 Å². The van der Waals surface area contributed by atoms with Crippen LogP contribution < -0.4 is 0 Å². The van der Waals surface area contributed by atoms with Crippen LogP contribution >= 0.6 is 90.7 Å². The maximum atomic E-state index is 15.6. The summed E-state index contributed by atoms with van der Waals surface area (Å²) in [7, 11) is 0. The second-order valence-corrected chi connectivity index (χ2v) is 31.7. The summed E-state index contributed by atoms with van der Waals surface area (Å²) in [5.41, 5.74) is 0.925. The van der Waals surface area contributed by atoms with E-state index >= 15 is 35.1 Å². The molecule has 6 aliphatic carbocycles. The summed E-state index contributed by atoms with van der Waals surface area (Å²) in [5, 5.41) is 0. The zero-order chi connectivity index (χ0) is 59.3. The highest BCUT2D eigenvalue weighted by molar-refractivity contribution is 7.25. The van der Waals surface area contributed by atoms with Crippen LogP contribution in [0.4, 0.5) is 52.7 Å². The van der Waals surface area contributed by atoms with Gasteiger partial charge in [0.2, 0.25) is 0 Å². The molecular weight excluding hydrogens is 1250 g/mol. The third-order valence-electron chi connectivity index (χ3n) is 16.6. The smallest absolute Gasteiger partial charge is 0.196 e. The van der Waals surface area contributed by atoms with E-state index in [2.05, 4.69) is 0 Å². The molecule has 0 spiro atoms. The van der Waals surface area contributed by atoms with E-state index in [1.807, 2.05) is 38.1 Å². The minimum absolute atomic E-state index is 0.0456. The number of alkyl halides is 12. The molecule has 8 aromatic heterocycles. The van der Waals surface area contributed by atoms with Gasteiger partial charge in [-0.05, 0) is 151 Å². The van der Waals surface area contributed by atoms with Crippen LogP contribution in [-0.4, -0.2) is 0 Å². The zero-order valence-electron chi connectivity index (χ0n) is 44.9. The van der Waals surface area contributed by atoms with E-state index in [0.29, 0.717) is 40.4 Å². The predicted octanol–water partition coefficient (Wildman–Crippen LogP) is 24.1. The fourth-order valence-electron chi connectivity index (χ4n) is 13.0. The first-order valence-electron chi connectivity index (χ1n) is 26.1. The van der Waals surface area contributed by atoms with E-state index in [4.69, 9.17) is 0 Å². The topological polar surface area (TPSA) is 0 Å². The van der Waals surface area contributed by atoms with Gasteiger partial charge in [0, 0.05) is 178 Å². The molecule has 3 aromatic carbocycles. The summed E-state index contributed by atoms with van der Waals surface area (Å²) < 4.78 is 183. The number of aryl methyl sites for hydroxylation is 6. The Bertz CT molecular complexity index is 4450. The molecule has 0 nitrogen and oxygen atoms in total. The molecular formula is C64H38F12S8. The lowest BCUT2D eigenvalue weighted by molar-refractivity contribution is 0.0443. The van der Waals surface area contributed by atoms with Crippen LogP contribution in [-0.2, 0) is 35.5 Å². The summed E-state index contributed by atoms with van der Waals surface area (Å²) in [4.78, 5) is 11.0. The van der Waals surface area contributed by atoms with Crippen LogP contribution in [0.3, 0.4) is 0 Å². The summed E-state index contributed by atoms with van der Waals surface area (Å²) in [6, 6.07) is 21.9. The molecule has 0 aliphatic heterocycles. The second kappa shape index (κ2) is 17.6. The van der Waals surface area contributed by atoms with Gasteiger partial charge in [0.1, 0.15) is 0 Å². The standard InChI is InChI=1S/C26H14F4S4.C20H14F4S2.C18H10F4S2/c1-11-3-5-19(31-11)21-9-17-23(33-21)13-7-16-14(8-15(13)25(17,27)28)24-18(26(16,29)30)10-22(34-24)20-6-4-12(2)32-20;1-7-5-11-17(25-7)13-9(3)16-14(10(4)15(13)19(11,21)22)18-12(20(16,23)24)6-8(2)26-18;1-7-3-13-15(23-7)9-5-12-10(6-11(9)17(13,19)20)16-14(18(12,21)22)4-8(2)24-16/h3-10H,1-2H3;5-6H,1-4H3;3-6H,1-2H3. The van der Waals surface area contributed by atoms with E-state index in [0.717, 1.165) is 48.8 Å². The maximum absolute atomic E-state index is 15.6. The first-order chi connectivity index (χ1) is 39.4. The molecule has 426 valence electrons. The van der Waals surface area contributed by atoms with Crippen molar-refractivity contribution in [3.63, 3.8) is 0 Å². The Labute approximate surface area is 504 Å². The number of thiophene rings is 8. The van der Waals surface area contributed by atoms with Crippen molar-refractivity contribution in [3.8, 4) is 82.2 Å². The van der Waals surface area contributed by atoms with E-state index < -0.39 is 35.5 Å². The van der Waals surface area contributed by atoms with Crippen molar-refractivity contribution in [2.45, 2.75) is 90.9 Å². The van der Waals surface area contributed by atoms with E-state index in [9.17, 15) is 17.6 Å². The summed E-state index contributed by atoms with van der Waals surface area (Å²) in [6.07, 6.45) is 0. The molecule has 0 N–H and O–H groups in total. The van der Waals surface area contributed by atoms with Crippen LogP contribution in [0.2, 0.25) is 0 Å². The van der Waals surface area contributed by atoms with Crippen molar-refractivity contribution in [2.24, 2.45) is 0 Å². The van der Waals surface area contributed by atoms with Gasteiger partial charge in [-0.25, -0.2) is 0 Å². The van der Waals surface area contributed by atoms with Crippen LogP contribution in [0.15, 0.2) is 84.9 Å². The summed E-state index contributed by atoms with van der Waals surface area (Å²) in [5.74, 6) is -19.0. The van der Waals surface area contributed by atoms with Gasteiger partial charge in [-0.3, -0.25) is 0 Å². The molecule has 0 saturated carbocycles. The van der Waals surface area contributed by atoms with Crippen LogP contribution in [0.1, 0.15) is 107 Å². The zero-order valence-corrected chi connectivity index (χ0v) is 51.4. The quantitative estimate of drug-likeness (QED) is 0.151. The largest absolute Gasteiger partial charge is 0.300 e. The third kappa shape index (κ3) is 7.28. The Kier molecular flexibility index (Phi) is 11.5. The van der Waals surface area contributed by atoms with E-state index in [1.54, 1.807) is 64.2 Å². The number of halogens is 12. The monoisotopic (exact) mass is 1290 g/mol. The fourth-order valence-corrected chi connectivity index (χ4v) is 21.8. The number of hydrogen-bond acceptors (Lipinski definition) is 8. The molecule has 0 unspecified atom stereocenters. The Morgan fingerprint density at radius 1 is 0.238 bits per heavy atom. The molecule has 84 heavy (non-hydrogen) atoms. The maximum Gasteiger partial charge on any atom is 0.300 e. The Hall–Kier alpha value is -5.58. The molecule has 0 amide bonds. The van der Waals surface area contributed by atoms with Crippen molar-refractivity contribution in [2.75, 3.05) is 0 Å². The highest BCUT2D eigenvalue weighted by Crippen LogP contribution is 2.67. The Morgan fingerprint density at radius 3 is 0.786 bits per heavy atom. The lowest BCUT2D eigenvalue weighted by atomic mass is 9.88. The van der Waals surface area contributed by atoms with Gasteiger partial charge in [-0.2, -0.15) is 52.7 Å². The van der Waals surface area contributed by atoms with Crippen molar-refractivity contribution in [1.82, 2.24) is 0 Å². The lowest BCUT2D eigenvalue weighted by Gasteiger charge is -2.22. The predicted molar refractivity (Wildman–Crippen MR) is 322 cm³/mol. The van der Waals surface area contributed by atoms with Crippen molar-refractivity contribution < 1.29 is 52.7 Å². The lowest BCUT2D eigenvalue weighted by Crippen LogP contribution is -2.16. The SMILES string of the molecule is Cc1cc2c(s1)-c1c(C)c3c(c(C)c1C2(F)F)-c1sc(C)cc1C3(F)F.Cc1cc2c(s1)-c1cc3c(cc1C2(F)F)-c1sc(C)cc1C3(F)F.Cc1ccc(-c2cc3c(s2)-c2cc4c(cc2C3(F)F)-c2sc(-c3ccc(C)s3)cc2C4(F)F)s1. The van der Waals surface area contributed by atoms with Crippen LogP contribution in [0.5, 0.6) is 0 Å². The molecule has 8 heterocycles. The summed E-state index contributed by atoms with van der Waals surface area (Å²) in [6.45, 7) is 14.1. The van der Waals surface area contributed by atoms with Gasteiger partial charge in [0.15, 0.2) is 0 Å². The van der Waals surface area contributed by atoms with Gasteiger partial charge in [0.25, 0.3) is 0 Å². The Morgan fingerprint density at radius 2 is 0.500 bits per heavy atom. The number of rotatable bonds is 2. The normalized spacial score (nSPS) is 17.4. The minimum atomic E-state index is -3.22. The highest BCUT2D eigenvalue weighted by Gasteiger charge is 2.57. The molecule has 17 rings (SSSR count). The van der Waals surface area contributed by atoms with Gasteiger partial charge in [-0.15, -0.1) is 90.7 Å². The minimum Gasteiger partial charge on any atom is -0.196 e. The number of benzene rings is 3. The van der Waals surface area contributed by atoms with Gasteiger partial charge in [-0.1, -0.05) is 0 Å². The molecule has 0 fully saturated rings. The molecule has 6 aliphatic rings. The van der Waals surface area contributed by atoms with Crippen molar-refractivity contribution >= 4 is 90.7 Å². The molecule has 20 heteroatoms. The molecule has 11 aromatic rings. The first kappa shape index (κ1) is 55.0. The van der Waals surface area contributed by atoms with Crippen LogP contribution in [0.25, 0.3) is 82.2 Å². The molecule has 0 bridgehead atoms. The first-order valence-corrected chi connectivity index (χ1v) is 32.7. The average molecular weight is 1290 g/mol. The van der Waals surface area contributed by atoms with Gasteiger partial charge < -0.3 is 0 Å². The highest BCUT2D eigenvalue weighted by atomic mass is 32.1. The van der Waals surface area contributed by atoms with E-state index in [-0.39, 0.29) is 100 Å². The summed E-state index contributed by atoms with van der Waals surface area (Å²) >= 11 is 10.6. The Balaban J connectivity index is 0.000000109. The van der Waals surface area contributed by atoms with Crippen LogP contribution in [0, 0.1) is 55.4 Å². The average Bonchev–Trinajstić information content (AvgIpc) is 1.69. The second-order valence-electron chi connectivity index (χ2n) is 22.0. The van der Waals surface area contributed by atoms with Crippen molar-refractivity contribution in [1.29, 1.82) is 0 Å². The van der Waals surface area contributed by atoms with E-state index in [1.165, 1.54) is 129 Å². The van der Waals surface area contributed by atoms with Crippen molar-refractivity contribution in [3.05, 3.63) is 192 Å². The third-order valence-corrected chi connectivity index (χ3v) is 25.6. The number of fused-ring (bicyclic) bond motifs is 18. The molecule has 0 atom stereocenters. The molecule has 0 radical (unpaired) electrons. The number of hydrogen-bond donors (Lipinski definition) is 0. The fraction of sp³-hybridized carbons (Fsp3) is 0.219.